The highest BCUT2D eigenvalue weighted by molar-refractivity contribution is 5.96. The number of primary amides is 1. The Bertz CT molecular complexity index is 1190. The zero-order chi connectivity index (χ0) is 20.0. The first-order chi connectivity index (χ1) is 13.3. The fourth-order valence-electron chi connectivity index (χ4n) is 3.42. The molecule has 0 saturated carbocycles. The number of H-pyrrole nitrogens is 1. The van der Waals surface area contributed by atoms with E-state index in [4.69, 9.17) is 10.2 Å². The minimum Gasteiger partial charge on any atom is -0.459 e. The van der Waals surface area contributed by atoms with Gasteiger partial charge in [-0.2, -0.15) is 0 Å². The number of rotatable bonds is 5. The first-order valence-electron chi connectivity index (χ1n) is 9.08. The van der Waals surface area contributed by atoms with Gasteiger partial charge < -0.3 is 20.5 Å². The van der Waals surface area contributed by atoms with E-state index in [0.717, 1.165) is 22.2 Å². The molecule has 7 heteroatoms. The lowest BCUT2D eigenvalue weighted by molar-refractivity contribution is 0.100. The summed E-state index contributed by atoms with van der Waals surface area (Å²) in [6, 6.07) is 9.42. The highest BCUT2D eigenvalue weighted by atomic mass is 19.1. The van der Waals surface area contributed by atoms with Crippen LogP contribution in [0.3, 0.4) is 0 Å². The fraction of sp³-hybridized carbons (Fsp3) is 0.238. The maximum atomic E-state index is 13.6. The molecule has 0 unspecified atom stereocenters. The third-order valence-electron chi connectivity index (χ3n) is 4.94. The molecule has 0 aliphatic rings. The van der Waals surface area contributed by atoms with Gasteiger partial charge in [0.05, 0.1) is 17.1 Å². The number of aromatic amines is 1. The van der Waals surface area contributed by atoms with E-state index >= 15 is 0 Å². The van der Waals surface area contributed by atoms with E-state index in [-0.39, 0.29) is 17.8 Å². The van der Waals surface area contributed by atoms with E-state index in [0.29, 0.717) is 22.6 Å². The number of nitrogens with one attached hydrogen (secondary N) is 2. The molecule has 0 fully saturated rings. The van der Waals surface area contributed by atoms with Crippen molar-refractivity contribution in [3.63, 3.8) is 0 Å². The van der Waals surface area contributed by atoms with Gasteiger partial charge in [-0.3, -0.25) is 4.79 Å². The van der Waals surface area contributed by atoms with Gasteiger partial charge in [-0.15, -0.1) is 0 Å². The molecule has 0 aliphatic carbocycles. The standard InChI is InChI=1S/C21H21FN4O2/c1-10(2)18(19-11(3)14-9-13(22)5-7-17(14)28-19)26-21-24-15-6-4-12(20(23)27)8-16(15)25-21/h4-10,18H,1-3H3,(H2,23,27)(H2,24,25,26)/t18-/m0/s1. The van der Waals surface area contributed by atoms with E-state index in [9.17, 15) is 9.18 Å². The van der Waals surface area contributed by atoms with Gasteiger partial charge in [0, 0.05) is 16.5 Å². The van der Waals surface area contributed by atoms with Gasteiger partial charge in [-0.05, 0) is 49.2 Å². The van der Waals surface area contributed by atoms with Crippen molar-refractivity contribution in [3.8, 4) is 0 Å². The van der Waals surface area contributed by atoms with E-state index in [1.54, 1.807) is 24.3 Å². The molecule has 144 valence electrons. The third-order valence-corrected chi connectivity index (χ3v) is 4.94. The molecule has 2 aromatic carbocycles. The summed E-state index contributed by atoms with van der Waals surface area (Å²) >= 11 is 0. The summed E-state index contributed by atoms with van der Waals surface area (Å²) in [6.45, 7) is 6.06. The molecule has 0 bridgehead atoms. The molecule has 1 atom stereocenters. The van der Waals surface area contributed by atoms with E-state index < -0.39 is 5.91 Å². The second-order valence-electron chi connectivity index (χ2n) is 7.28. The maximum absolute atomic E-state index is 13.6. The Balaban J connectivity index is 1.72. The Morgan fingerprint density at radius 2 is 2.04 bits per heavy atom. The number of halogens is 1. The zero-order valence-electron chi connectivity index (χ0n) is 15.8. The van der Waals surface area contributed by atoms with Crippen molar-refractivity contribution in [1.29, 1.82) is 0 Å². The molecule has 6 nitrogen and oxygen atoms in total. The number of aromatic nitrogens is 2. The van der Waals surface area contributed by atoms with Crippen LogP contribution in [-0.4, -0.2) is 15.9 Å². The van der Waals surface area contributed by atoms with Crippen LogP contribution >= 0.6 is 0 Å². The summed E-state index contributed by atoms with van der Waals surface area (Å²) in [6.07, 6.45) is 0. The number of hydrogen-bond donors (Lipinski definition) is 3. The second kappa shape index (κ2) is 6.67. The highest BCUT2D eigenvalue weighted by Gasteiger charge is 2.24. The van der Waals surface area contributed by atoms with Gasteiger partial charge in [-0.25, -0.2) is 9.37 Å². The van der Waals surface area contributed by atoms with Crippen LogP contribution < -0.4 is 11.1 Å². The number of nitrogens with zero attached hydrogens (tertiary/aromatic N) is 1. The summed E-state index contributed by atoms with van der Waals surface area (Å²) in [5.74, 6) is 0.699. The summed E-state index contributed by atoms with van der Waals surface area (Å²) in [5, 5.41) is 4.14. The number of amides is 1. The third kappa shape index (κ3) is 3.09. The number of carbonyl (C=O) groups excluding carboxylic acids is 1. The maximum Gasteiger partial charge on any atom is 0.248 e. The van der Waals surface area contributed by atoms with Crippen LogP contribution in [0.15, 0.2) is 40.8 Å². The quantitative estimate of drug-likeness (QED) is 0.469. The monoisotopic (exact) mass is 380 g/mol. The molecule has 4 aromatic rings. The van der Waals surface area contributed by atoms with Crippen molar-refractivity contribution in [2.75, 3.05) is 5.32 Å². The molecule has 2 aromatic heterocycles. The lowest BCUT2D eigenvalue weighted by Gasteiger charge is -2.20. The van der Waals surface area contributed by atoms with Gasteiger partial charge in [-0.1, -0.05) is 13.8 Å². The second-order valence-corrected chi connectivity index (χ2v) is 7.28. The lowest BCUT2D eigenvalue weighted by atomic mass is 9.98. The predicted octanol–water partition coefficient (Wildman–Crippen LogP) is 4.66. The molecular formula is C21H21FN4O2. The number of furan rings is 1. The molecule has 4 N–H and O–H groups in total. The van der Waals surface area contributed by atoms with Crippen LogP contribution in [0.4, 0.5) is 10.3 Å². The first-order valence-corrected chi connectivity index (χ1v) is 9.08. The topological polar surface area (TPSA) is 96.9 Å². The van der Waals surface area contributed by atoms with Crippen molar-refractivity contribution < 1.29 is 13.6 Å². The SMILES string of the molecule is Cc1c([C@@H](Nc2nc3ccc(C(N)=O)cc3[nH]2)C(C)C)oc2ccc(F)cc12. The van der Waals surface area contributed by atoms with E-state index in [2.05, 4.69) is 29.1 Å². The van der Waals surface area contributed by atoms with Crippen LogP contribution in [0.2, 0.25) is 0 Å². The molecule has 1 amide bonds. The number of imidazole rings is 1. The first kappa shape index (κ1) is 18.0. The Labute approximate surface area is 160 Å². The summed E-state index contributed by atoms with van der Waals surface area (Å²) in [7, 11) is 0. The number of anilines is 1. The molecule has 28 heavy (non-hydrogen) atoms. The van der Waals surface area contributed by atoms with Crippen molar-refractivity contribution in [2.24, 2.45) is 11.7 Å². The van der Waals surface area contributed by atoms with Crippen molar-refractivity contribution in [3.05, 3.63) is 59.1 Å². The van der Waals surface area contributed by atoms with Crippen molar-refractivity contribution in [2.45, 2.75) is 26.8 Å². The van der Waals surface area contributed by atoms with Crippen LogP contribution in [0, 0.1) is 18.7 Å². The molecule has 4 rings (SSSR count). The number of aryl methyl sites for hydroxylation is 1. The molecule has 0 saturated heterocycles. The number of fused-ring (bicyclic) bond motifs is 2. The molecule has 0 aliphatic heterocycles. The fourth-order valence-corrected chi connectivity index (χ4v) is 3.42. The van der Waals surface area contributed by atoms with E-state index in [1.807, 2.05) is 6.92 Å². The summed E-state index contributed by atoms with van der Waals surface area (Å²) in [4.78, 5) is 19.1. The van der Waals surface area contributed by atoms with Crippen LogP contribution in [0.25, 0.3) is 22.0 Å². The van der Waals surface area contributed by atoms with Crippen molar-refractivity contribution in [1.82, 2.24) is 9.97 Å². The minimum absolute atomic E-state index is 0.174. The van der Waals surface area contributed by atoms with Crippen molar-refractivity contribution >= 4 is 33.9 Å². The van der Waals surface area contributed by atoms with Crippen LogP contribution in [0.5, 0.6) is 0 Å². The van der Waals surface area contributed by atoms with Gasteiger partial charge >= 0.3 is 0 Å². The van der Waals surface area contributed by atoms with Gasteiger partial charge in [0.1, 0.15) is 17.2 Å². The largest absolute Gasteiger partial charge is 0.459 e. The lowest BCUT2D eigenvalue weighted by Crippen LogP contribution is -2.17. The molecule has 0 spiro atoms. The van der Waals surface area contributed by atoms with Crippen LogP contribution in [0.1, 0.15) is 41.6 Å². The number of benzene rings is 2. The molecule has 2 heterocycles. The summed E-state index contributed by atoms with van der Waals surface area (Å²) < 4.78 is 19.7. The van der Waals surface area contributed by atoms with Gasteiger partial charge in [0.2, 0.25) is 11.9 Å². The summed E-state index contributed by atoms with van der Waals surface area (Å²) in [5.41, 5.74) is 8.74. The molecular weight excluding hydrogens is 359 g/mol. The zero-order valence-corrected chi connectivity index (χ0v) is 15.8. The van der Waals surface area contributed by atoms with Gasteiger partial charge in [0.25, 0.3) is 0 Å². The highest BCUT2D eigenvalue weighted by Crippen LogP contribution is 2.35. The predicted molar refractivity (Wildman–Crippen MR) is 107 cm³/mol. The normalized spacial score (nSPS) is 12.8. The average molecular weight is 380 g/mol. The Hall–Kier alpha value is -3.35. The van der Waals surface area contributed by atoms with Crippen LogP contribution in [-0.2, 0) is 0 Å². The Kier molecular flexibility index (Phi) is 4.30. The Morgan fingerprint density at radius 3 is 2.75 bits per heavy atom. The number of carbonyl (C=O) groups is 1. The number of nitrogens with two attached hydrogens (primary N) is 1. The smallest absolute Gasteiger partial charge is 0.248 e. The minimum atomic E-state index is -0.490. The molecule has 0 radical (unpaired) electrons. The Morgan fingerprint density at radius 1 is 1.25 bits per heavy atom. The average Bonchev–Trinajstić information content (AvgIpc) is 3.19. The van der Waals surface area contributed by atoms with Gasteiger partial charge in [0.15, 0.2) is 0 Å². The number of hydrogen-bond acceptors (Lipinski definition) is 4. The van der Waals surface area contributed by atoms with E-state index in [1.165, 1.54) is 12.1 Å².